The van der Waals surface area contributed by atoms with Crippen molar-refractivity contribution in [2.75, 3.05) is 29.5 Å². The molecule has 0 saturated carbocycles. The lowest BCUT2D eigenvalue weighted by molar-refractivity contribution is 0.0913. The summed E-state index contributed by atoms with van der Waals surface area (Å²) in [4.78, 5) is 12.4. The van der Waals surface area contributed by atoms with Crippen LogP contribution in [0.5, 0.6) is 5.75 Å². The number of hydrogen-bond donors (Lipinski definition) is 2. The molecule has 0 aliphatic rings. The van der Waals surface area contributed by atoms with E-state index in [9.17, 15) is 13.2 Å². The zero-order valence-electron chi connectivity index (χ0n) is 15.6. The van der Waals surface area contributed by atoms with Gasteiger partial charge in [-0.05, 0) is 50.2 Å². The fourth-order valence-electron chi connectivity index (χ4n) is 2.26. The van der Waals surface area contributed by atoms with Crippen molar-refractivity contribution in [2.45, 2.75) is 20.0 Å². The Morgan fingerprint density at radius 1 is 1.07 bits per heavy atom. The van der Waals surface area contributed by atoms with E-state index in [1.165, 1.54) is 19.2 Å². The van der Waals surface area contributed by atoms with Crippen molar-refractivity contribution >= 4 is 27.3 Å². The third-order valence-electron chi connectivity index (χ3n) is 3.58. The summed E-state index contributed by atoms with van der Waals surface area (Å²) in [6.07, 6.45) is -0.0266. The number of sulfonamides is 1. The summed E-state index contributed by atoms with van der Waals surface area (Å²) in [5, 5.41) is 2.76. The molecule has 0 fully saturated rings. The number of carbonyl (C=O) groups excluding carboxylic acids is 1. The Morgan fingerprint density at radius 3 is 2.37 bits per heavy atom. The molecule has 146 valence electrons. The Hall–Kier alpha value is -2.58. The normalized spacial score (nSPS) is 11.3. The van der Waals surface area contributed by atoms with Gasteiger partial charge in [-0.15, -0.1) is 0 Å². The Balaban J connectivity index is 1.99. The van der Waals surface area contributed by atoms with Gasteiger partial charge in [-0.2, -0.15) is 0 Å². The summed E-state index contributed by atoms with van der Waals surface area (Å²) in [5.74, 6) is 0.0967. The molecule has 27 heavy (non-hydrogen) atoms. The largest absolute Gasteiger partial charge is 0.495 e. The number of benzene rings is 2. The molecule has 0 aliphatic heterocycles. The first kappa shape index (κ1) is 20.7. The molecule has 0 saturated heterocycles. The first-order valence-electron chi connectivity index (χ1n) is 8.47. The van der Waals surface area contributed by atoms with Crippen LogP contribution in [0.4, 0.5) is 11.4 Å². The molecular formula is C19H24N2O5S. The van der Waals surface area contributed by atoms with Gasteiger partial charge in [0.1, 0.15) is 5.75 Å². The van der Waals surface area contributed by atoms with Gasteiger partial charge in [-0.1, -0.05) is 12.1 Å². The first-order valence-corrected chi connectivity index (χ1v) is 10.1. The predicted molar refractivity (Wildman–Crippen MR) is 106 cm³/mol. The summed E-state index contributed by atoms with van der Waals surface area (Å²) in [5.41, 5.74) is 1.33. The van der Waals surface area contributed by atoms with Crippen LogP contribution >= 0.6 is 0 Å². The van der Waals surface area contributed by atoms with E-state index in [1.54, 1.807) is 30.3 Å². The van der Waals surface area contributed by atoms with Crippen LogP contribution in [-0.4, -0.2) is 39.9 Å². The molecule has 0 bridgehead atoms. The lowest BCUT2D eigenvalue weighted by atomic mass is 10.2. The van der Waals surface area contributed by atoms with Gasteiger partial charge in [0.25, 0.3) is 5.91 Å². The van der Waals surface area contributed by atoms with Crippen LogP contribution in [0.2, 0.25) is 0 Å². The molecule has 2 rings (SSSR count). The summed E-state index contributed by atoms with van der Waals surface area (Å²) in [7, 11) is -1.99. The van der Waals surface area contributed by atoms with Crippen LogP contribution in [0.15, 0.2) is 48.5 Å². The molecule has 2 aromatic rings. The number of carbonyl (C=O) groups is 1. The third kappa shape index (κ3) is 6.58. The number of hydrogen-bond acceptors (Lipinski definition) is 5. The highest BCUT2D eigenvalue weighted by Gasteiger charge is 2.13. The lowest BCUT2D eigenvalue weighted by Crippen LogP contribution is -2.21. The van der Waals surface area contributed by atoms with Crippen LogP contribution in [0.3, 0.4) is 0 Å². The van der Waals surface area contributed by atoms with Crippen molar-refractivity contribution in [3.63, 3.8) is 0 Å². The van der Waals surface area contributed by atoms with Crippen LogP contribution in [0.25, 0.3) is 0 Å². The second-order valence-electron chi connectivity index (χ2n) is 6.07. The third-order valence-corrected chi connectivity index (χ3v) is 4.83. The molecule has 0 aromatic heterocycles. The molecule has 0 heterocycles. The molecule has 1 amide bonds. The van der Waals surface area contributed by atoms with Gasteiger partial charge in [0, 0.05) is 11.3 Å². The van der Waals surface area contributed by atoms with E-state index in [0.29, 0.717) is 22.7 Å². The standard InChI is InChI=1S/C19H24N2O5S/c1-14(2)26-12-13-27(23,24)21-16-10-8-15(9-11-16)19(22)20-17-6-4-5-7-18(17)25-3/h4-11,14,21H,12-13H2,1-3H3,(H,20,22). The summed E-state index contributed by atoms with van der Waals surface area (Å²) in [6, 6.07) is 13.3. The average molecular weight is 392 g/mol. The zero-order valence-corrected chi connectivity index (χ0v) is 16.4. The molecule has 0 aliphatic carbocycles. The quantitative estimate of drug-likeness (QED) is 0.684. The minimum absolute atomic E-state index is 0.0266. The number of rotatable bonds is 9. The Bertz CT molecular complexity index is 864. The monoisotopic (exact) mass is 392 g/mol. The molecule has 0 atom stereocenters. The molecular weight excluding hydrogens is 368 g/mol. The molecule has 0 radical (unpaired) electrons. The fourth-order valence-corrected chi connectivity index (χ4v) is 3.17. The number of anilines is 2. The summed E-state index contributed by atoms with van der Waals surface area (Å²) < 4.78 is 37.0. The van der Waals surface area contributed by atoms with Crippen LogP contribution in [-0.2, 0) is 14.8 Å². The number of ether oxygens (including phenoxy) is 2. The smallest absolute Gasteiger partial charge is 0.255 e. The number of nitrogens with one attached hydrogen (secondary N) is 2. The average Bonchev–Trinajstić information content (AvgIpc) is 2.62. The maximum atomic E-state index is 12.4. The van der Waals surface area contributed by atoms with E-state index in [-0.39, 0.29) is 24.4 Å². The molecule has 2 N–H and O–H groups in total. The minimum atomic E-state index is -3.51. The van der Waals surface area contributed by atoms with Gasteiger partial charge in [0.15, 0.2) is 0 Å². The summed E-state index contributed by atoms with van der Waals surface area (Å²) in [6.45, 7) is 3.80. The highest BCUT2D eigenvalue weighted by atomic mass is 32.2. The van der Waals surface area contributed by atoms with Gasteiger partial charge in [-0.25, -0.2) is 8.42 Å². The highest BCUT2D eigenvalue weighted by molar-refractivity contribution is 7.92. The maximum Gasteiger partial charge on any atom is 0.255 e. The Labute approximate surface area is 159 Å². The Morgan fingerprint density at radius 2 is 1.74 bits per heavy atom. The fraction of sp³-hybridized carbons (Fsp3) is 0.316. The first-order chi connectivity index (χ1) is 12.8. The van der Waals surface area contributed by atoms with E-state index in [0.717, 1.165) is 0 Å². The van der Waals surface area contributed by atoms with Gasteiger partial charge < -0.3 is 14.8 Å². The second-order valence-corrected chi connectivity index (χ2v) is 7.91. The number of amides is 1. The van der Waals surface area contributed by atoms with E-state index >= 15 is 0 Å². The van der Waals surface area contributed by atoms with Gasteiger partial charge in [0.05, 0.1) is 31.3 Å². The van der Waals surface area contributed by atoms with Crippen molar-refractivity contribution in [1.82, 2.24) is 0 Å². The van der Waals surface area contributed by atoms with E-state index in [2.05, 4.69) is 10.0 Å². The van der Waals surface area contributed by atoms with Crippen molar-refractivity contribution in [3.05, 3.63) is 54.1 Å². The van der Waals surface area contributed by atoms with Crippen LogP contribution < -0.4 is 14.8 Å². The molecule has 0 unspecified atom stereocenters. The van der Waals surface area contributed by atoms with Crippen LogP contribution in [0, 0.1) is 0 Å². The van der Waals surface area contributed by atoms with Crippen LogP contribution in [0.1, 0.15) is 24.2 Å². The summed E-state index contributed by atoms with van der Waals surface area (Å²) >= 11 is 0. The van der Waals surface area contributed by atoms with Crippen molar-refractivity contribution in [3.8, 4) is 5.75 Å². The Kier molecular flexibility index (Phi) is 7.20. The van der Waals surface area contributed by atoms with Gasteiger partial charge >= 0.3 is 0 Å². The second kappa shape index (κ2) is 9.38. The minimum Gasteiger partial charge on any atom is -0.495 e. The van der Waals surface area contributed by atoms with E-state index in [4.69, 9.17) is 9.47 Å². The number of methoxy groups -OCH3 is 1. The molecule has 2 aromatic carbocycles. The van der Waals surface area contributed by atoms with Crippen molar-refractivity contribution < 1.29 is 22.7 Å². The number of para-hydroxylation sites is 2. The molecule has 8 heteroatoms. The highest BCUT2D eigenvalue weighted by Crippen LogP contribution is 2.24. The van der Waals surface area contributed by atoms with Crippen molar-refractivity contribution in [1.29, 1.82) is 0 Å². The maximum absolute atomic E-state index is 12.4. The van der Waals surface area contributed by atoms with Gasteiger partial charge in [-0.3, -0.25) is 9.52 Å². The van der Waals surface area contributed by atoms with E-state index < -0.39 is 10.0 Å². The SMILES string of the molecule is COc1ccccc1NC(=O)c1ccc(NS(=O)(=O)CCOC(C)C)cc1. The topological polar surface area (TPSA) is 93.7 Å². The lowest BCUT2D eigenvalue weighted by Gasteiger charge is -2.11. The molecule has 7 nitrogen and oxygen atoms in total. The van der Waals surface area contributed by atoms with Gasteiger partial charge in [0.2, 0.25) is 10.0 Å². The molecule has 0 spiro atoms. The van der Waals surface area contributed by atoms with Crippen molar-refractivity contribution in [2.24, 2.45) is 0 Å². The van der Waals surface area contributed by atoms with E-state index in [1.807, 2.05) is 19.9 Å². The zero-order chi connectivity index (χ0) is 19.9. The predicted octanol–water partition coefficient (Wildman–Crippen LogP) is 3.11.